The van der Waals surface area contributed by atoms with Crippen LogP contribution < -0.4 is 5.32 Å². The minimum absolute atomic E-state index is 0.290. The SMILES string of the molecule is C=C(/C=C(\C)OC)c1ccc(-c2ccc(NC)nn2)c(N=O)c1. The maximum Gasteiger partial charge on any atom is 0.148 e. The predicted molar refractivity (Wildman–Crippen MR) is 92.3 cm³/mol. The summed E-state index contributed by atoms with van der Waals surface area (Å²) in [5, 5.41) is 14.1. The molecule has 0 saturated heterocycles. The number of nitrogens with one attached hydrogen (secondary N) is 1. The lowest BCUT2D eigenvalue weighted by Crippen LogP contribution is -1.95. The van der Waals surface area contributed by atoms with E-state index in [-0.39, 0.29) is 0 Å². The number of hydrogen-bond donors (Lipinski definition) is 1. The maximum absolute atomic E-state index is 11.2. The summed E-state index contributed by atoms with van der Waals surface area (Å²) in [6.45, 7) is 5.81. The Balaban J connectivity index is 2.39. The molecule has 6 nitrogen and oxygen atoms in total. The number of allylic oxidation sites excluding steroid dienone is 3. The van der Waals surface area contributed by atoms with Gasteiger partial charge in [-0.3, -0.25) is 0 Å². The lowest BCUT2D eigenvalue weighted by atomic mass is 10.0. The second-order valence-corrected chi connectivity index (χ2v) is 4.86. The van der Waals surface area contributed by atoms with Crippen LogP contribution in [0.5, 0.6) is 0 Å². The molecule has 1 aromatic carbocycles. The van der Waals surface area contributed by atoms with Crippen molar-refractivity contribution in [1.82, 2.24) is 10.2 Å². The topological polar surface area (TPSA) is 76.5 Å². The Morgan fingerprint density at radius 1 is 1.30 bits per heavy atom. The highest BCUT2D eigenvalue weighted by atomic mass is 16.5. The van der Waals surface area contributed by atoms with E-state index in [0.29, 0.717) is 22.8 Å². The molecule has 0 unspecified atom stereocenters. The Hall–Kier alpha value is -3.02. The molecule has 2 aromatic rings. The number of aromatic nitrogens is 2. The molecule has 0 spiro atoms. The number of rotatable bonds is 6. The van der Waals surface area contributed by atoms with Gasteiger partial charge < -0.3 is 10.1 Å². The van der Waals surface area contributed by atoms with E-state index >= 15 is 0 Å². The maximum atomic E-state index is 11.2. The van der Waals surface area contributed by atoms with Crippen molar-refractivity contribution in [3.8, 4) is 11.3 Å². The van der Waals surface area contributed by atoms with Crippen LogP contribution >= 0.6 is 0 Å². The van der Waals surface area contributed by atoms with Gasteiger partial charge in [0.2, 0.25) is 0 Å². The summed E-state index contributed by atoms with van der Waals surface area (Å²) in [5.41, 5.74) is 3.02. The minimum atomic E-state index is 0.290. The number of methoxy groups -OCH3 is 1. The van der Waals surface area contributed by atoms with Crippen molar-refractivity contribution < 1.29 is 4.74 Å². The van der Waals surface area contributed by atoms with Gasteiger partial charge in [0.15, 0.2) is 0 Å². The number of hydrogen-bond acceptors (Lipinski definition) is 6. The Labute approximate surface area is 134 Å². The molecule has 0 aliphatic heterocycles. The highest BCUT2D eigenvalue weighted by Crippen LogP contribution is 2.32. The van der Waals surface area contributed by atoms with Crippen LogP contribution in [0.3, 0.4) is 0 Å². The van der Waals surface area contributed by atoms with E-state index in [1.807, 2.05) is 13.0 Å². The molecule has 6 heteroatoms. The van der Waals surface area contributed by atoms with Gasteiger partial charge in [-0.25, -0.2) is 0 Å². The van der Waals surface area contributed by atoms with Crippen molar-refractivity contribution in [3.05, 3.63) is 59.2 Å². The zero-order chi connectivity index (χ0) is 16.8. The third-order valence-electron chi connectivity index (χ3n) is 3.36. The molecule has 23 heavy (non-hydrogen) atoms. The first kappa shape index (κ1) is 16.4. The molecule has 0 atom stereocenters. The Morgan fingerprint density at radius 3 is 2.65 bits per heavy atom. The zero-order valence-corrected chi connectivity index (χ0v) is 13.3. The fourth-order valence-electron chi connectivity index (χ4n) is 2.02. The third kappa shape index (κ3) is 3.79. The second-order valence-electron chi connectivity index (χ2n) is 4.86. The summed E-state index contributed by atoms with van der Waals surface area (Å²) in [4.78, 5) is 11.2. The number of ether oxygens (including phenoxy) is 1. The number of nitrogens with zero attached hydrogens (tertiary/aromatic N) is 3. The van der Waals surface area contributed by atoms with Crippen LogP contribution in [0.2, 0.25) is 0 Å². The fourth-order valence-corrected chi connectivity index (χ4v) is 2.02. The molecule has 0 bridgehead atoms. The minimum Gasteiger partial charge on any atom is -0.501 e. The van der Waals surface area contributed by atoms with Gasteiger partial charge in [-0.2, -0.15) is 0 Å². The lowest BCUT2D eigenvalue weighted by Gasteiger charge is -2.08. The van der Waals surface area contributed by atoms with Gasteiger partial charge in [-0.1, -0.05) is 12.6 Å². The molecule has 0 radical (unpaired) electrons. The van der Waals surface area contributed by atoms with Gasteiger partial charge in [0.1, 0.15) is 11.5 Å². The summed E-state index contributed by atoms with van der Waals surface area (Å²) < 4.78 is 5.10. The van der Waals surface area contributed by atoms with Gasteiger partial charge in [0.25, 0.3) is 0 Å². The lowest BCUT2D eigenvalue weighted by molar-refractivity contribution is 0.294. The Bertz CT molecular complexity index is 752. The van der Waals surface area contributed by atoms with Crippen LogP contribution in [0.4, 0.5) is 11.5 Å². The molecular weight excluding hydrogens is 292 g/mol. The molecule has 0 aliphatic carbocycles. The van der Waals surface area contributed by atoms with E-state index in [2.05, 4.69) is 27.3 Å². The average Bonchev–Trinajstić information content (AvgIpc) is 2.61. The molecule has 1 N–H and O–H groups in total. The summed E-state index contributed by atoms with van der Waals surface area (Å²) >= 11 is 0. The predicted octanol–water partition coefficient (Wildman–Crippen LogP) is 4.15. The molecule has 0 fully saturated rings. The monoisotopic (exact) mass is 310 g/mol. The van der Waals surface area contributed by atoms with Crippen molar-refractivity contribution >= 4 is 17.1 Å². The van der Waals surface area contributed by atoms with E-state index < -0.39 is 0 Å². The highest BCUT2D eigenvalue weighted by Gasteiger charge is 2.10. The van der Waals surface area contributed by atoms with E-state index in [1.165, 1.54) is 0 Å². The fraction of sp³-hybridized carbons (Fsp3) is 0.176. The van der Waals surface area contributed by atoms with Crippen molar-refractivity contribution in [1.29, 1.82) is 0 Å². The zero-order valence-electron chi connectivity index (χ0n) is 13.3. The van der Waals surface area contributed by atoms with Crippen LogP contribution in [0.15, 0.2) is 53.9 Å². The number of benzene rings is 1. The number of anilines is 1. The van der Waals surface area contributed by atoms with Gasteiger partial charge >= 0.3 is 0 Å². The first-order valence-electron chi connectivity index (χ1n) is 7.00. The summed E-state index contributed by atoms with van der Waals surface area (Å²) in [5.74, 6) is 1.38. The van der Waals surface area contributed by atoms with E-state index in [4.69, 9.17) is 4.74 Å². The third-order valence-corrected chi connectivity index (χ3v) is 3.36. The quantitative estimate of drug-likeness (QED) is 0.493. The van der Waals surface area contributed by atoms with E-state index in [0.717, 1.165) is 16.9 Å². The summed E-state index contributed by atoms with van der Waals surface area (Å²) in [7, 11) is 3.35. The first-order valence-corrected chi connectivity index (χ1v) is 7.00. The van der Waals surface area contributed by atoms with Crippen LogP contribution in [-0.4, -0.2) is 24.4 Å². The molecular formula is C17H18N4O2. The van der Waals surface area contributed by atoms with Crippen LogP contribution in [-0.2, 0) is 4.74 Å². The molecule has 1 heterocycles. The van der Waals surface area contributed by atoms with E-state index in [1.54, 1.807) is 44.5 Å². The van der Waals surface area contributed by atoms with Gasteiger partial charge in [0.05, 0.1) is 18.6 Å². The van der Waals surface area contributed by atoms with Crippen LogP contribution in [0.25, 0.3) is 16.8 Å². The average molecular weight is 310 g/mol. The first-order chi connectivity index (χ1) is 11.1. The van der Waals surface area contributed by atoms with Gasteiger partial charge in [0, 0.05) is 12.6 Å². The molecule has 0 amide bonds. The van der Waals surface area contributed by atoms with E-state index in [9.17, 15) is 4.91 Å². The molecule has 0 aliphatic rings. The van der Waals surface area contributed by atoms with Crippen molar-refractivity contribution in [2.45, 2.75) is 6.92 Å². The molecule has 2 rings (SSSR count). The van der Waals surface area contributed by atoms with Gasteiger partial charge in [-0.05, 0) is 53.6 Å². The summed E-state index contributed by atoms with van der Waals surface area (Å²) in [6, 6.07) is 8.90. The molecule has 0 saturated carbocycles. The second kappa shape index (κ2) is 7.31. The largest absolute Gasteiger partial charge is 0.501 e. The molecule has 118 valence electrons. The van der Waals surface area contributed by atoms with Crippen molar-refractivity contribution in [2.75, 3.05) is 19.5 Å². The van der Waals surface area contributed by atoms with Crippen LogP contribution in [0, 0.1) is 4.91 Å². The van der Waals surface area contributed by atoms with Crippen LogP contribution in [0.1, 0.15) is 12.5 Å². The molecule has 1 aromatic heterocycles. The van der Waals surface area contributed by atoms with Crippen molar-refractivity contribution in [3.63, 3.8) is 0 Å². The normalized spacial score (nSPS) is 11.0. The standard InChI is InChI=1S/C17H18N4O2/c1-11(9-12(2)23-4)13-5-6-14(16(10-13)21-22)15-7-8-17(18-3)20-19-15/h5-10H,1H2,2-4H3,(H,18,20)/b12-9+. The van der Waals surface area contributed by atoms with Crippen molar-refractivity contribution in [2.24, 2.45) is 5.18 Å². The number of nitroso groups, excluding NO2 is 1. The Kier molecular flexibility index (Phi) is 5.19. The van der Waals surface area contributed by atoms with Gasteiger partial charge in [-0.15, -0.1) is 15.1 Å². The smallest absolute Gasteiger partial charge is 0.148 e. The highest BCUT2D eigenvalue weighted by molar-refractivity contribution is 5.80. The Morgan fingerprint density at radius 2 is 2.09 bits per heavy atom. The summed E-state index contributed by atoms with van der Waals surface area (Å²) in [6.07, 6.45) is 1.80.